The number of fused-ring (bicyclic) bond motifs is 3. The molecule has 4 aromatic rings. The summed E-state index contributed by atoms with van der Waals surface area (Å²) in [5.41, 5.74) is 14.1. The summed E-state index contributed by atoms with van der Waals surface area (Å²) in [6.45, 7) is 18.6. The van der Waals surface area contributed by atoms with Crippen molar-refractivity contribution in [3.05, 3.63) is 144 Å². The molecule has 0 saturated heterocycles. The lowest BCUT2D eigenvalue weighted by molar-refractivity contribution is 0.660. The maximum atomic E-state index is 3.36. The third-order valence-corrected chi connectivity index (χ3v) is 7.88. The van der Waals surface area contributed by atoms with Crippen LogP contribution in [0.4, 0.5) is 17.1 Å². The Labute approximate surface area is 242 Å². The van der Waals surface area contributed by atoms with E-state index in [1.807, 2.05) is 6.92 Å². The molecule has 0 spiro atoms. The second kappa shape index (κ2) is 12.4. The molecule has 1 heteroatoms. The topological polar surface area (TPSA) is 3.24 Å². The maximum absolute atomic E-state index is 3.36. The van der Waals surface area contributed by atoms with Crippen molar-refractivity contribution in [2.24, 2.45) is 0 Å². The van der Waals surface area contributed by atoms with E-state index in [9.17, 15) is 0 Å². The van der Waals surface area contributed by atoms with Crippen LogP contribution in [0.25, 0.3) is 16.7 Å². The van der Waals surface area contributed by atoms with Crippen molar-refractivity contribution < 1.29 is 0 Å². The van der Waals surface area contributed by atoms with Gasteiger partial charge in [0.25, 0.3) is 0 Å². The molecule has 204 valence electrons. The lowest BCUT2D eigenvalue weighted by Crippen LogP contribution is -2.16. The zero-order chi connectivity index (χ0) is 28.9. The van der Waals surface area contributed by atoms with Gasteiger partial charge < -0.3 is 4.90 Å². The van der Waals surface area contributed by atoms with Crippen molar-refractivity contribution in [1.29, 1.82) is 0 Å². The van der Waals surface area contributed by atoms with Gasteiger partial charge in [0, 0.05) is 22.4 Å². The highest BCUT2D eigenvalue weighted by molar-refractivity contribution is 5.95. The average molecular weight is 526 g/mol. The van der Waals surface area contributed by atoms with Crippen LogP contribution in [-0.4, -0.2) is 0 Å². The number of aryl methyl sites for hydroxylation is 2. The molecule has 1 nitrogen and oxygen atoms in total. The Bertz CT molecular complexity index is 1550. The zero-order valence-corrected chi connectivity index (χ0v) is 25.3. The summed E-state index contributed by atoms with van der Waals surface area (Å²) >= 11 is 0. The third-order valence-electron chi connectivity index (χ3n) is 7.88. The molecule has 0 N–H and O–H groups in total. The third kappa shape index (κ3) is 5.47. The van der Waals surface area contributed by atoms with Crippen molar-refractivity contribution in [3.63, 3.8) is 0 Å². The standard InChI is InChI=1S/C36H37N.C3H6/c1-7-9-13-27(8-2)28-19-22-29(23-20-28)37(30-21-18-25(3)26(4)24-30)34-17-12-16-33-35(34)31-14-10-11-15-32(31)36(33,5)6;1-3-2/h8-24H,7H2,1-6H3;3H,1H2,2H3/b13-9-,27-8+;. The van der Waals surface area contributed by atoms with Gasteiger partial charge in [-0.05, 0) is 103 Å². The van der Waals surface area contributed by atoms with Gasteiger partial charge in [0.1, 0.15) is 0 Å². The van der Waals surface area contributed by atoms with E-state index in [1.165, 1.54) is 55.9 Å². The van der Waals surface area contributed by atoms with Gasteiger partial charge in [-0.2, -0.15) is 0 Å². The SMILES string of the molecule is C/C=C(\C=C/CC)c1ccc(N(c2ccc(C)c(C)c2)c2cccc3c2-c2ccccc2C3(C)C)cc1.C=CC. The summed E-state index contributed by atoms with van der Waals surface area (Å²) in [7, 11) is 0. The Morgan fingerprint density at radius 3 is 2.10 bits per heavy atom. The molecule has 0 saturated carbocycles. The van der Waals surface area contributed by atoms with Crippen LogP contribution in [-0.2, 0) is 5.41 Å². The number of nitrogens with zero attached hydrogens (tertiary/aromatic N) is 1. The lowest BCUT2D eigenvalue weighted by atomic mass is 9.82. The van der Waals surface area contributed by atoms with Crippen LogP contribution in [0.5, 0.6) is 0 Å². The van der Waals surface area contributed by atoms with E-state index < -0.39 is 0 Å². The van der Waals surface area contributed by atoms with Crippen molar-refractivity contribution in [3.8, 4) is 11.1 Å². The van der Waals surface area contributed by atoms with Gasteiger partial charge in [-0.3, -0.25) is 0 Å². The molecule has 0 heterocycles. The van der Waals surface area contributed by atoms with Crippen molar-refractivity contribution in [1.82, 2.24) is 0 Å². The minimum atomic E-state index is -0.0346. The van der Waals surface area contributed by atoms with Crippen LogP contribution in [0.15, 0.2) is 116 Å². The molecule has 0 aromatic heterocycles. The monoisotopic (exact) mass is 525 g/mol. The fourth-order valence-corrected chi connectivity index (χ4v) is 5.62. The van der Waals surface area contributed by atoms with E-state index in [-0.39, 0.29) is 5.41 Å². The number of anilines is 3. The summed E-state index contributed by atoms with van der Waals surface area (Å²) in [6.07, 6.45) is 9.41. The normalized spacial score (nSPS) is 13.3. The first-order chi connectivity index (χ1) is 19.3. The molecule has 0 fully saturated rings. The van der Waals surface area contributed by atoms with E-state index in [1.54, 1.807) is 6.08 Å². The molecule has 40 heavy (non-hydrogen) atoms. The van der Waals surface area contributed by atoms with Crippen LogP contribution < -0.4 is 4.90 Å². The Balaban J connectivity index is 0.00000118. The average Bonchev–Trinajstić information content (AvgIpc) is 3.20. The van der Waals surface area contributed by atoms with Gasteiger partial charge in [-0.15, -0.1) is 6.58 Å². The first kappa shape index (κ1) is 28.9. The molecule has 0 unspecified atom stereocenters. The quantitative estimate of drug-likeness (QED) is 0.179. The van der Waals surface area contributed by atoms with Gasteiger partial charge in [-0.1, -0.05) is 99.7 Å². The van der Waals surface area contributed by atoms with Crippen LogP contribution in [0.3, 0.4) is 0 Å². The lowest BCUT2D eigenvalue weighted by Gasteiger charge is -2.29. The zero-order valence-electron chi connectivity index (χ0n) is 25.3. The fraction of sp³-hybridized carbons (Fsp3) is 0.231. The van der Waals surface area contributed by atoms with E-state index in [2.05, 4.69) is 156 Å². The Kier molecular flexibility index (Phi) is 8.95. The highest BCUT2D eigenvalue weighted by Gasteiger charge is 2.37. The number of benzene rings is 4. The molecule has 0 atom stereocenters. The predicted molar refractivity (Wildman–Crippen MR) is 177 cm³/mol. The van der Waals surface area contributed by atoms with Crippen molar-refractivity contribution in [2.45, 2.75) is 60.3 Å². The van der Waals surface area contributed by atoms with Gasteiger partial charge >= 0.3 is 0 Å². The molecule has 0 aliphatic heterocycles. The summed E-state index contributed by atoms with van der Waals surface area (Å²) < 4.78 is 0. The van der Waals surface area contributed by atoms with Gasteiger partial charge in [-0.25, -0.2) is 0 Å². The molecule has 0 radical (unpaired) electrons. The second-order valence-electron chi connectivity index (χ2n) is 11.0. The molecule has 0 bridgehead atoms. The minimum Gasteiger partial charge on any atom is -0.310 e. The van der Waals surface area contributed by atoms with Crippen LogP contribution >= 0.6 is 0 Å². The summed E-state index contributed by atoms with van der Waals surface area (Å²) in [5.74, 6) is 0. The number of allylic oxidation sites excluding steroid dienone is 5. The Morgan fingerprint density at radius 2 is 1.45 bits per heavy atom. The number of rotatable bonds is 6. The summed E-state index contributed by atoms with van der Waals surface area (Å²) in [6, 6.07) is 31.5. The second-order valence-corrected chi connectivity index (χ2v) is 11.0. The van der Waals surface area contributed by atoms with E-state index in [0.717, 1.165) is 12.1 Å². The number of hydrogen-bond donors (Lipinski definition) is 0. The van der Waals surface area contributed by atoms with E-state index >= 15 is 0 Å². The highest BCUT2D eigenvalue weighted by atomic mass is 15.1. The van der Waals surface area contributed by atoms with Crippen LogP contribution in [0.2, 0.25) is 0 Å². The van der Waals surface area contributed by atoms with Crippen LogP contribution in [0.1, 0.15) is 68.9 Å². The molecule has 1 aliphatic rings. The molecule has 5 rings (SSSR count). The van der Waals surface area contributed by atoms with Crippen molar-refractivity contribution in [2.75, 3.05) is 4.90 Å². The Hall–Kier alpha value is -4.10. The van der Waals surface area contributed by atoms with E-state index in [0.29, 0.717) is 0 Å². The highest BCUT2D eigenvalue weighted by Crippen LogP contribution is 2.54. The van der Waals surface area contributed by atoms with Gasteiger partial charge in [0.15, 0.2) is 0 Å². The molecular formula is C39H43N. The molecule has 1 aliphatic carbocycles. The van der Waals surface area contributed by atoms with Crippen molar-refractivity contribution >= 4 is 22.6 Å². The smallest absolute Gasteiger partial charge is 0.0543 e. The molecule has 4 aromatic carbocycles. The largest absolute Gasteiger partial charge is 0.310 e. The van der Waals surface area contributed by atoms with Gasteiger partial charge in [0.2, 0.25) is 0 Å². The molecular weight excluding hydrogens is 482 g/mol. The summed E-state index contributed by atoms with van der Waals surface area (Å²) in [4.78, 5) is 2.43. The maximum Gasteiger partial charge on any atom is 0.0543 e. The minimum absolute atomic E-state index is 0.0346. The number of hydrogen-bond acceptors (Lipinski definition) is 1. The first-order valence-corrected chi connectivity index (χ1v) is 14.4. The Morgan fingerprint density at radius 1 is 0.800 bits per heavy atom. The van der Waals surface area contributed by atoms with E-state index in [4.69, 9.17) is 0 Å². The first-order valence-electron chi connectivity index (χ1n) is 14.4. The summed E-state index contributed by atoms with van der Waals surface area (Å²) in [5, 5.41) is 0. The fourth-order valence-electron chi connectivity index (χ4n) is 5.62. The molecule has 0 amide bonds. The predicted octanol–water partition coefficient (Wildman–Crippen LogP) is 11.6. The van der Waals surface area contributed by atoms with Crippen LogP contribution in [0, 0.1) is 13.8 Å². The van der Waals surface area contributed by atoms with Gasteiger partial charge in [0.05, 0.1) is 5.69 Å².